The third kappa shape index (κ3) is 6.38. The number of aromatic nitrogens is 6. The largest absolute Gasteiger partial charge is 0.344 e. The van der Waals surface area contributed by atoms with Crippen molar-refractivity contribution in [3.05, 3.63) is 36.9 Å². The minimum absolute atomic E-state index is 0. The quantitative estimate of drug-likeness (QED) is 0.601. The summed E-state index contributed by atoms with van der Waals surface area (Å²) in [6.45, 7) is 0. The van der Waals surface area contributed by atoms with E-state index < -0.39 is 0 Å². The van der Waals surface area contributed by atoms with Crippen LogP contribution in [0.4, 0.5) is 0 Å². The smallest absolute Gasteiger partial charge is 0.0529 e. The first-order valence-corrected chi connectivity index (χ1v) is 3.17. The molecule has 2 heterocycles. The van der Waals surface area contributed by atoms with E-state index in [9.17, 15) is 0 Å². The lowest BCUT2D eigenvalue weighted by Gasteiger charge is -1.68. The molecule has 0 bridgehead atoms. The molecule has 7 heteroatoms. The number of rotatable bonds is 0. The fourth-order valence-electron chi connectivity index (χ4n) is 0.410. The molecular weight excluding hydrogens is 170 g/mol. The number of hydrogen-bond acceptors (Lipinski definition) is 7. The van der Waals surface area contributed by atoms with Crippen molar-refractivity contribution < 1.29 is 0 Å². The zero-order valence-electron chi connectivity index (χ0n) is 6.85. The molecule has 0 spiro atoms. The third-order valence-electron chi connectivity index (χ3n) is 0.817. The van der Waals surface area contributed by atoms with Gasteiger partial charge in [-0.1, -0.05) is 0 Å². The third-order valence-corrected chi connectivity index (χ3v) is 0.817. The molecule has 0 aromatic carbocycles. The van der Waals surface area contributed by atoms with Crippen LogP contribution in [0.15, 0.2) is 36.9 Å². The molecule has 0 radical (unpaired) electrons. The lowest BCUT2D eigenvalue weighted by molar-refractivity contribution is 0.865. The van der Waals surface area contributed by atoms with Crippen molar-refractivity contribution in [3.8, 4) is 0 Å². The van der Waals surface area contributed by atoms with Gasteiger partial charge in [-0.05, 0) is 22.6 Å². The minimum Gasteiger partial charge on any atom is -0.344 e. The molecule has 0 aliphatic heterocycles. The van der Waals surface area contributed by atoms with Gasteiger partial charge in [-0.3, -0.25) is 0 Å². The summed E-state index contributed by atoms with van der Waals surface area (Å²) >= 11 is 0. The predicted octanol–water partition coefficient (Wildman–Crippen LogP) is -0.0948. The van der Waals surface area contributed by atoms with E-state index in [0.717, 1.165) is 0 Å². The highest BCUT2D eigenvalue weighted by atomic mass is 15.3. The van der Waals surface area contributed by atoms with E-state index in [1.807, 2.05) is 0 Å². The Morgan fingerprint density at radius 1 is 0.538 bits per heavy atom. The standard InChI is InChI=1S/2C3H3N3.H3N/c2*1-2-4-6-5-3-1;/h2*1-3H;1H3. The molecule has 0 aliphatic rings. The molecule has 2 aromatic heterocycles. The van der Waals surface area contributed by atoms with Crippen molar-refractivity contribution in [2.24, 2.45) is 0 Å². The van der Waals surface area contributed by atoms with E-state index in [-0.39, 0.29) is 6.15 Å². The number of hydrogen-bond donors (Lipinski definition) is 1. The Balaban J connectivity index is 0.000000206. The molecule has 0 fully saturated rings. The van der Waals surface area contributed by atoms with Gasteiger partial charge in [0.1, 0.15) is 0 Å². The summed E-state index contributed by atoms with van der Waals surface area (Å²) in [5.74, 6) is 0. The highest BCUT2D eigenvalue weighted by Gasteiger charge is 1.61. The first-order valence-electron chi connectivity index (χ1n) is 3.17. The Bertz CT molecular complexity index is 188. The van der Waals surface area contributed by atoms with Gasteiger partial charge in [-0.15, -0.1) is 20.4 Å². The molecule has 0 atom stereocenters. The zero-order chi connectivity index (χ0) is 8.49. The van der Waals surface area contributed by atoms with E-state index in [1.54, 1.807) is 36.9 Å². The SMILES string of the molecule is N.c1cnnnc1.c1cnnnc1. The average molecular weight is 179 g/mol. The van der Waals surface area contributed by atoms with Crippen LogP contribution in [0.2, 0.25) is 0 Å². The highest BCUT2D eigenvalue weighted by Crippen LogP contribution is 1.62. The summed E-state index contributed by atoms with van der Waals surface area (Å²) in [5.41, 5.74) is 0. The van der Waals surface area contributed by atoms with Crippen molar-refractivity contribution in [1.82, 2.24) is 37.0 Å². The summed E-state index contributed by atoms with van der Waals surface area (Å²) in [6.07, 6.45) is 6.31. The average Bonchev–Trinajstić information content (AvgIpc) is 2.24. The molecule has 0 saturated heterocycles. The maximum atomic E-state index is 3.42. The van der Waals surface area contributed by atoms with Crippen LogP contribution in [0.3, 0.4) is 0 Å². The van der Waals surface area contributed by atoms with Gasteiger partial charge >= 0.3 is 0 Å². The Hall–Kier alpha value is -2.02. The van der Waals surface area contributed by atoms with Gasteiger partial charge in [0, 0.05) is 0 Å². The van der Waals surface area contributed by atoms with Gasteiger partial charge in [0.05, 0.1) is 24.8 Å². The normalized spacial score (nSPS) is 7.38. The molecule has 13 heavy (non-hydrogen) atoms. The second-order valence-corrected chi connectivity index (χ2v) is 1.62. The molecule has 3 N–H and O–H groups in total. The van der Waals surface area contributed by atoms with Gasteiger partial charge in [0.25, 0.3) is 0 Å². The van der Waals surface area contributed by atoms with Gasteiger partial charge in [0.2, 0.25) is 0 Å². The van der Waals surface area contributed by atoms with Crippen LogP contribution in [0.5, 0.6) is 0 Å². The highest BCUT2D eigenvalue weighted by molar-refractivity contribution is 4.70. The van der Waals surface area contributed by atoms with Gasteiger partial charge in [-0.25, -0.2) is 0 Å². The molecule has 0 amide bonds. The van der Waals surface area contributed by atoms with Gasteiger partial charge < -0.3 is 6.15 Å². The zero-order valence-corrected chi connectivity index (χ0v) is 6.85. The Kier molecular flexibility index (Phi) is 6.82. The molecule has 0 aliphatic carbocycles. The van der Waals surface area contributed by atoms with E-state index in [4.69, 9.17) is 0 Å². The van der Waals surface area contributed by atoms with E-state index >= 15 is 0 Å². The Morgan fingerprint density at radius 3 is 0.923 bits per heavy atom. The lowest BCUT2D eigenvalue weighted by Crippen LogP contribution is -1.78. The molecule has 0 unspecified atom stereocenters. The molecule has 68 valence electrons. The molecule has 0 saturated carbocycles. The summed E-state index contributed by atoms with van der Waals surface area (Å²) in [4.78, 5) is 0. The lowest BCUT2D eigenvalue weighted by atomic mass is 10.7. The summed E-state index contributed by atoms with van der Waals surface area (Å²) < 4.78 is 0. The fourth-order valence-corrected chi connectivity index (χ4v) is 0.410. The molecule has 2 rings (SSSR count). The first kappa shape index (κ1) is 11.0. The van der Waals surface area contributed by atoms with E-state index in [0.29, 0.717) is 0 Å². The van der Waals surface area contributed by atoms with Crippen molar-refractivity contribution >= 4 is 0 Å². The van der Waals surface area contributed by atoms with Gasteiger partial charge in [0.15, 0.2) is 0 Å². The molecular formula is C6H9N7. The number of nitrogens with zero attached hydrogens (tertiary/aromatic N) is 6. The van der Waals surface area contributed by atoms with Crippen molar-refractivity contribution in [2.75, 3.05) is 0 Å². The van der Waals surface area contributed by atoms with Gasteiger partial charge in [-0.2, -0.15) is 0 Å². The van der Waals surface area contributed by atoms with Crippen LogP contribution in [-0.4, -0.2) is 30.8 Å². The predicted molar refractivity (Wildman–Crippen MR) is 44.7 cm³/mol. The van der Waals surface area contributed by atoms with Crippen molar-refractivity contribution in [1.29, 1.82) is 0 Å². The minimum atomic E-state index is 0. The van der Waals surface area contributed by atoms with Crippen LogP contribution in [0.1, 0.15) is 0 Å². The monoisotopic (exact) mass is 179 g/mol. The summed E-state index contributed by atoms with van der Waals surface area (Å²) in [6, 6.07) is 3.43. The Morgan fingerprint density at radius 2 is 0.846 bits per heavy atom. The van der Waals surface area contributed by atoms with Crippen molar-refractivity contribution in [2.45, 2.75) is 0 Å². The molecule has 7 nitrogen and oxygen atoms in total. The maximum Gasteiger partial charge on any atom is 0.0529 e. The van der Waals surface area contributed by atoms with Crippen LogP contribution in [0.25, 0.3) is 0 Å². The maximum absolute atomic E-state index is 3.42. The second-order valence-electron chi connectivity index (χ2n) is 1.62. The Labute approximate surface area is 74.8 Å². The van der Waals surface area contributed by atoms with Crippen LogP contribution < -0.4 is 6.15 Å². The summed E-state index contributed by atoms with van der Waals surface area (Å²) in [5, 5.41) is 20.3. The van der Waals surface area contributed by atoms with E-state index in [2.05, 4.69) is 30.8 Å². The summed E-state index contributed by atoms with van der Waals surface area (Å²) in [7, 11) is 0. The first-order chi connectivity index (χ1) is 6.00. The van der Waals surface area contributed by atoms with Crippen LogP contribution >= 0.6 is 0 Å². The molecule has 2 aromatic rings. The topological polar surface area (TPSA) is 112 Å². The second kappa shape index (κ2) is 8.08. The fraction of sp³-hybridized carbons (Fsp3) is 0. The van der Waals surface area contributed by atoms with Crippen LogP contribution in [0, 0.1) is 0 Å². The van der Waals surface area contributed by atoms with E-state index in [1.165, 1.54) is 0 Å². The van der Waals surface area contributed by atoms with Crippen LogP contribution in [-0.2, 0) is 0 Å². The van der Waals surface area contributed by atoms with Crippen molar-refractivity contribution in [3.63, 3.8) is 0 Å².